The second-order valence-corrected chi connectivity index (χ2v) is 8.39. The summed E-state index contributed by atoms with van der Waals surface area (Å²) in [6.07, 6.45) is 1.59. The molecule has 0 aliphatic carbocycles. The Bertz CT molecular complexity index is 778. The molecule has 1 aromatic rings. The number of piperidine rings is 1. The molecule has 0 aromatic heterocycles. The van der Waals surface area contributed by atoms with Crippen LogP contribution in [0.4, 0.5) is 5.69 Å². The predicted molar refractivity (Wildman–Crippen MR) is 90.1 cm³/mol. The van der Waals surface area contributed by atoms with Crippen LogP contribution in [0.15, 0.2) is 17.0 Å². The van der Waals surface area contributed by atoms with Gasteiger partial charge < -0.3 is 9.47 Å². The number of hydrogen-bond acceptors (Lipinski definition) is 6. The first-order valence-corrected chi connectivity index (χ1v) is 9.84. The van der Waals surface area contributed by atoms with Crippen LogP contribution in [0.3, 0.4) is 0 Å². The molecular formula is C15H19ClN2O6S. The van der Waals surface area contributed by atoms with E-state index in [0.717, 1.165) is 12.5 Å². The number of nitro benzene ring substituents is 1. The number of rotatable bonds is 4. The minimum absolute atomic E-state index is 0.0506. The number of hydrogen-bond donors (Lipinski definition) is 0. The molecule has 8 nitrogen and oxygen atoms in total. The zero-order valence-electron chi connectivity index (χ0n) is 13.7. The Morgan fingerprint density at radius 1 is 1.28 bits per heavy atom. The number of halogens is 1. The van der Waals surface area contributed by atoms with Crippen molar-refractivity contribution in [2.24, 2.45) is 0 Å². The van der Waals surface area contributed by atoms with Crippen LogP contribution >= 0.6 is 11.6 Å². The van der Waals surface area contributed by atoms with Crippen molar-refractivity contribution in [3.8, 4) is 0 Å². The van der Waals surface area contributed by atoms with Crippen molar-refractivity contribution < 1.29 is 22.8 Å². The average molecular weight is 391 g/mol. The van der Waals surface area contributed by atoms with Gasteiger partial charge in [-0.05, 0) is 25.8 Å². The van der Waals surface area contributed by atoms with Crippen molar-refractivity contribution >= 4 is 27.3 Å². The molecule has 3 rings (SSSR count). The van der Waals surface area contributed by atoms with Crippen molar-refractivity contribution in [2.45, 2.75) is 43.4 Å². The van der Waals surface area contributed by atoms with Gasteiger partial charge in [0.2, 0.25) is 10.0 Å². The standard InChI is InChI=1S/C15H19ClN2O6S/c1-10-12(16)8-11(9-14(10)18(19)20)25(21,22)17-5-3-2-4-13(17)15-23-6-7-24-15/h8-9,13,15H,2-7H2,1H3/t13-/m1/s1. The normalized spacial score (nSPS) is 23.0. The lowest BCUT2D eigenvalue weighted by molar-refractivity contribution is -0.385. The molecule has 2 fully saturated rings. The van der Waals surface area contributed by atoms with E-state index in [2.05, 4.69) is 0 Å². The molecule has 0 bridgehead atoms. The quantitative estimate of drug-likeness (QED) is 0.578. The van der Waals surface area contributed by atoms with Gasteiger partial charge in [0.1, 0.15) is 0 Å². The van der Waals surface area contributed by atoms with Crippen LogP contribution in [-0.2, 0) is 19.5 Å². The SMILES string of the molecule is Cc1c(Cl)cc(S(=O)(=O)N2CCCC[C@@H]2C2OCCO2)cc1[N+](=O)[O-]. The van der Waals surface area contributed by atoms with Gasteiger partial charge in [-0.25, -0.2) is 8.42 Å². The number of nitrogens with zero attached hydrogens (tertiary/aromatic N) is 2. The van der Waals surface area contributed by atoms with Crippen molar-refractivity contribution in [1.29, 1.82) is 0 Å². The Morgan fingerprint density at radius 2 is 1.96 bits per heavy atom. The van der Waals surface area contributed by atoms with E-state index in [4.69, 9.17) is 21.1 Å². The minimum Gasteiger partial charge on any atom is -0.349 e. The molecule has 0 unspecified atom stereocenters. The molecule has 2 heterocycles. The van der Waals surface area contributed by atoms with Crippen LogP contribution in [0.25, 0.3) is 0 Å². The maximum absolute atomic E-state index is 13.1. The van der Waals surface area contributed by atoms with Crippen LogP contribution in [0, 0.1) is 17.0 Å². The molecule has 1 aromatic carbocycles. The van der Waals surface area contributed by atoms with E-state index in [0.29, 0.717) is 32.6 Å². The van der Waals surface area contributed by atoms with E-state index in [1.165, 1.54) is 17.3 Å². The molecule has 0 amide bonds. The highest BCUT2D eigenvalue weighted by molar-refractivity contribution is 7.89. The first-order valence-electron chi connectivity index (χ1n) is 8.02. The maximum atomic E-state index is 13.1. The summed E-state index contributed by atoms with van der Waals surface area (Å²) in [5.74, 6) is 0. The molecular weight excluding hydrogens is 372 g/mol. The van der Waals surface area contributed by atoms with Gasteiger partial charge in [0, 0.05) is 18.2 Å². The lowest BCUT2D eigenvalue weighted by atomic mass is 10.0. The van der Waals surface area contributed by atoms with E-state index in [9.17, 15) is 18.5 Å². The van der Waals surface area contributed by atoms with Crippen LogP contribution in [-0.4, -0.2) is 49.7 Å². The predicted octanol–water partition coefficient (Wildman–Crippen LogP) is 2.47. The molecule has 138 valence electrons. The zero-order valence-corrected chi connectivity index (χ0v) is 15.3. The molecule has 0 radical (unpaired) electrons. The molecule has 2 aliphatic rings. The first kappa shape index (κ1) is 18.5. The summed E-state index contributed by atoms with van der Waals surface area (Å²) in [7, 11) is -3.96. The third kappa shape index (κ3) is 3.52. The molecule has 25 heavy (non-hydrogen) atoms. The van der Waals surface area contributed by atoms with Crippen molar-refractivity contribution in [1.82, 2.24) is 4.31 Å². The first-order chi connectivity index (χ1) is 11.8. The van der Waals surface area contributed by atoms with Gasteiger partial charge >= 0.3 is 0 Å². The molecule has 0 spiro atoms. The van der Waals surface area contributed by atoms with Gasteiger partial charge in [-0.2, -0.15) is 4.31 Å². The molecule has 0 N–H and O–H groups in total. The third-order valence-electron chi connectivity index (χ3n) is 4.55. The average Bonchev–Trinajstić information content (AvgIpc) is 3.11. The van der Waals surface area contributed by atoms with Gasteiger partial charge in [-0.15, -0.1) is 0 Å². The smallest absolute Gasteiger partial charge is 0.275 e. The van der Waals surface area contributed by atoms with E-state index >= 15 is 0 Å². The Balaban J connectivity index is 2.01. The molecule has 0 saturated carbocycles. The van der Waals surface area contributed by atoms with Gasteiger partial charge in [0.05, 0.1) is 34.1 Å². The lowest BCUT2D eigenvalue weighted by Gasteiger charge is -2.36. The Labute approximate surface area is 150 Å². The zero-order chi connectivity index (χ0) is 18.2. The highest BCUT2D eigenvalue weighted by Gasteiger charge is 2.41. The summed E-state index contributed by atoms with van der Waals surface area (Å²) in [4.78, 5) is 10.4. The summed E-state index contributed by atoms with van der Waals surface area (Å²) in [5.41, 5.74) is -0.0729. The van der Waals surface area contributed by atoms with Crippen molar-refractivity contribution in [3.05, 3.63) is 32.8 Å². The van der Waals surface area contributed by atoms with Crippen LogP contribution < -0.4 is 0 Å². The van der Waals surface area contributed by atoms with Crippen molar-refractivity contribution in [2.75, 3.05) is 19.8 Å². The van der Waals surface area contributed by atoms with Gasteiger partial charge in [-0.3, -0.25) is 10.1 Å². The highest BCUT2D eigenvalue weighted by atomic mass is 35.5. The van der Waals surface area contributed by atoms with Crippen molar-refractivity contribution in [3.63, 3.8) is 0 Å². The third-order valence-corrected chi connectivity index (χ3v) is 6.85. The molecule has 10 heteroatoms. The fourth-order valence-corrected chi connectivity index (χ4v) is 5.22. The van der Waals surface area contributed by atoms with Crippen LogP contribution in [0.2, 0.25) is 5.02 Å². The Kier molecular flexibility index (Phi) is 5.31. The topological polar surface area (TPSA) is 99.0 Å². The maximum Gasteiger partial charge on any atom is 0.275 e. The summed E-state index contributed by atoms with van der Waals surface area (Å²) in [6, 6.07) is 1.89. The second kappa shape index (κ2) is 7.16. The number of ether oxygens (including phenoxy) is 2. The molecule has 2 saturated heterocycles. The number of nitro groups is 1. The Morgan fingerprint density at radius 3 is 2.60 bits per heavy atom. The van der Waals surface area contributed by atoms with Gasteiger partial charge in [0.15, 0.2) is 6.29 Å². The van der Waals surface area contributed by atoms with Crippen LogP contribution in [0.1, 0.15) is 24.8 Å². The second-order valence-electron chi connectivity index (χ2n) is 6.10. The van der Waals surface area contributed by atoms with E-state index < -0.39 is 27.3 Å². The van der Waals surface area contributed by atoms with E-state index in [-0.39, 0.29) is 21.2 Å². The minimum atomic E-state index is -3.96. The lowest BCUT2D eigenvalue weighted by Crippen LogP contribution is -2.50. The summed E-state index contributed by atoms with van der Waals surface area (Å²) in [6.45, 7) is 2.66. The monoisotopic (exact) mass is 390 g/mol. The Hall–Kier alpha value is -1.26. The summed E-state index contributed by atoms with van der Waals surface area (Å²) < 4.78 is 38.6. The van der Waals surface area contributed by atoms with Gasteiger partial charge in [0.25, 0.3) is 5.69 Å². The largest absolute Gasteiger partial charge is 0.349 e. The fraction of sp³-hybridized carbons (Fsp3) is 0.600. The fourth-order valence-electron chi connectivity index (χ4n) is 3.21. The van der Waals surface area contributed by atoms with Crippen LogP contribution in [0.5, 0.6) is 0 Å². The summed E-state index contributed by atoms with van der Waals surface area (Å²) in [5, 5.41) is 11.3. The number of sulfonamides is 1. The summed E-state index contributed by atoms with van der Waals surface area (Å²) >= 11 is 6.03. The molecule has 1 atom stereocenters. The van der Waals surface area contributed by atoms with E-state index in [1.807, 2.05) is 0 Å². The number of benzene rings is 1. The van der Waals surface area contributed by atoms with E-state index in [1.54, 1.807) is 0 Å². The highest BCUT2D eigenvalue weighted by Crippen LogP contribution is 2.34. The molecule has 2 aliphatic heterocycles. The van der Waals surface area contributed by atoms with Gasteiger partial charge in [-0.1, -0.05) is 18.0 Å².